The molecular weight excluding hydrogens is 409 g/mol. The van der Waals surface area contributed by atoms with Crippen LogP contribution in [0.2, 0.25) is 0 Å². The molecule has 1 amide bonds. The Labute approximate surface area is 176 Å². The van der Waals surface area contributed by atoms with Crippen LogP contribution >= 0.6 is 24.8 Å². The number of amides is 1. The number of nitrogens with zero attached hydrogens (tertiary/aromatic N) is 3. The van der Waals surface area contributed by atoms with E-state index in [1.54, 1.807) is 13.2 Å². The Balaban J connectivity index is 0.00000196. The number of pyridine rings is 1. The van der Waals surface area contributed by atoms with Crippen LogP contribution in [0, 0.1) is 15.5 Å². The van der Waals surface area contributed by atoms with Gasteiger partial charge in [0.15, 0.2) is 0 Å². The van der Waals surface area contributed by atoms with Gasteiger partial charge in [0.25, 0.3) is 5.69 Å². The molecule has 9 nitrogen and oxygen atoms in total. The highest BCUT2D eigenvalue weighted by atomic mass is 35.5. The van der Waals surface area contributed by atoms with Crippen molar-refractivity contribution in [3.05, 3.63) is 28.4 Å². The molecule has 2 fully saturated rings. The minimum Gasteiger partial charge on any atom is -0.384 e. The quantitative estimate of drug-likeness (QED) is 0.518. The van der Waals surface area contributed by atoms with Crippen molar-refractivity contribution in [1.82, 2.24) is 15.2 Å². The fraction of sp³-hybridized carbons (Fsp3) is 0.647. The number of hydrogen-bond acceptors (Lipinski definition) is 7. The van der Waals surface area contributed by atoms with Gasteiger partial charge in [0, 0.05) is 32.3 Å². The van der Waals surface area contributed by atoms with Crippen LogP contribution in [0.1, 0.15) is 19.3 Å². The van der Waals surface area contributed by atoms with Gasteiger partial charge < -0.3 is 20.3 Å². The molecule has 158 valence electrons. The van der Waals surface area contributed by atoms with Gasteiger partial charge in [-0.2, -0.15) is 0 Å². The number of halogens is 2. The van der Waals surface area contributed by atoms with E-state index < -0.39 is 10.3 Å². The fourth-order valence-electron chi connectivity index (χ4n) is 3.79. The van der Waals surface area contributed by atoms with Crippen LogP contribution in [0.3, 0.4) is 0 Å². The molecule has 1 atom stereocenters. The van der Waals surface area contributed by atoms with Crippen LogP contribution in [0.25, 0.3) is 0 Å². The third-order valence-corrected chi connectivity index (χ3v) is 5.22. The topological polar surface area (TPSA) is 110 Å². The Hall–Kier alpha value is -1.68. The van der Waals surface area contributed by atoms with Crippen molar-refractivity contribution in [2.75, 3.05) is 45.2 Å². The van der Waals surface area contributed by atoms with E-state index >= 15 is 0 Å². The summed E-state index contributed by atoms with van der Waals surface area (Å²) < 4.78 is 5.36. The van der Waals surface area contributed by atoms with Gasteiger partial charge in [0.05, 0.1) is 16.9 Å². The minimum atomic E-state index is -0.471. The van der Waals surface area contributed by atoms with Gasteiger partial charge in [-0.3, -0.25) is 14.9 Å². The molecular formula is C17H27Cl2N5O4. The highest BCUT2D eigenvalue weighted by molar-refractivity contribution is 5.85. The average molecular weight is 436 g/mol. The molecule has 2 aliphatic heterocycles. The molecule has 28 heavy (non-hydrogen) atoms. The predicted octanol–water partition coefficient (Wildman–Crippen LogP) is 1.86. The van der Waals surface area contributed by atoms with E-state index in [0.717, 1.165) is 32.4 Å². The fourth-order valence-corrected chi connectivity index (χ4v) is 3.79. The van der Waals surface area contributed by atoms with Gasteiger partial charge in [0.1, 0.15) is 12.0 Å². The highest BCUT2D eigenvalue weighted by Crippen LogP contribution is 2.33. The Morgan fingerprint density at radius 3 is 2.71 bits per heavy atom. The number of nitro groups is 1. The SMILES string of the molecule is COCC1(C(=O)N2CCC(Nc3ccc([N+](=O)[O-])cn3)C2)CCNCC1.Cl.Cl. The highest BCUT2D eigenvalue weighted by Gasteiger charge is 2.43. The number of carbonyl (C=O) groups excluding carboxylic acids is 1. The number of anilines is 1. The van der Waals surface area contributed by atoms with Crippen LogP contribution in [-0.4, -0.2) is 66.7 Å². The number of hydrogen-bond donors (Lipinski definition) is 2. The zero-order valence-corrected chi connectivity index (χ0v) is 17.4. The molecule has 2 aliphatic rings. The number of aromatic nitrogens is 1. The zero-order valence-electron chi connectivity index (χ0n) is 15.8. The monoisotopic (exact) mass is 435 g/mol. The van der Waals surface area contributed by atoms with E-state index in [1.165, 1.54) is 12.3 Å². The first-order valence-corrected chi connectivity index (χ1v) is 8.90. The van der Waals surface area contributed by atoms with Crippen molar-refractivity contribution in [2.24, 2.45) is 5.41 Å². The Morgan fingerprint density at radius 1 is 1.43 bits per heavy atom. The molecule has 3 heterocycles. The van der Waals surface area contributed by atoms with Gasteiger partial charge in [-0.1, -0.05) is 0 Å². The van der Waals surface area contributed by atoms with Crippen molar-refractivity contribution >= 4 is 42.2 Å². The number of rotatable bonds is 6. The third kappa shape index (κ3) is 5.44. The van der Waals surface area contributed by atoms with Gasteiger partial charge >= 0.3 is 0 Å². The summed E-state index contributed by atoms with van der Waals surface area (Å²) in [6.07, 6.45) is 3.64. The lowest BCUT2D eigenvalue weighted by Gasteiger charge is -2.38. The summed E-state index contributed by atoms with van der Waals surface area (Å²) in [7, 11) is 1.64. The maximum absolute atomic E-state index is 13.1. The summed E-state index contributed by atoms with van der Waals surface area (Å²) in [6.45, 7) is 3.42. The number of nitrogens with one attached hydrogen (secondary N) is 2. The van der Waals surface area contributed by atoms with E-state index in [0.29, 0.717) is 25.5 Å². The zero-order chi connectivity index (χ0) is 18.6. The maximum atomic E-state index is 13.1. The number of carbonyl (C=O) groups is 1. The average Bonchev–Trinajstić information content (AvgIpc) is 3.11. The molecule has 0 aliphatic carbocycles. The molecule has 1 unspecified atom stereocenters. The van der Waals surface area contributed by atoms with Gasteiger partial charge in [-0.15, -0.1) is 24.8 Å². The molecule has 1 aromatic rings. The molecule has 0 aromatic carbocycles. The summed E-state index contributed by atoms with van der Waals surface area (Å²) in [5.41, 5.74) is -0.466. The first-order valence-electron chi connectivity index (χ1n) is 8.90. The van der Waals surface area contributed by atoms with E-state index in [-0.39, 0.29) is 42.5 Å². The number of likely N-dealkylation sites (tertiary alicyclic amines) is 1. The molecule has 2 saturated heterocycles. The molecule has 3 rings (SSSR count). The van der Waals surface area contributed by atoms with Crippen molar-refractivity contribution in [3.63, 3.8) is 0 Å². The van der Waals surface area contributed by atoms with Crippen LogP contribution in [-0.2, 0) is 9.53 Å². The first kappa shape index (κ1) is 24.4. The van der Waals surface area contributed by atoms with Crippen molar-refractivity contribution in [2.45, 2.75) is 25.3 Å². The second-order valence-electron chi connectivity index (χ2n) is 7.00. The molecule has 1 aromatic heterocycles. The minimum absolute atomic E-state index is 0. The summed E-state index contributed by atoms with van der Waals surface area (Å²) in [4.78, 5) is 29.3. The van der Waals surface area contributed by atoms with Crippen molar-refractivity contribution in [3.8, 4) is 0 Å². The molecule has 0 spiro atoms. The third-order valence-electron chi connectivity index (χ3n) is 5.22. The lowest BCUT2D eigenvalue weighted by Crippen LogP contribution is -2.51. The maximum Gasteiger partial charge on any atom is 0.287 e. The van der Waals surface area contributed by atoms with Crippen LogP contribution in [0.4, 0.5) is 11.5 Å². The lowest BCUT2D eigenvalue weighted by molar-refractivity contribution is -0.385. The van der Waals surface area contributed by atoms with E-state index in [9.17, 15) is 14.9 Å². The van der Waals surface area contributed by atoms with E-state index in [1.807, 2.05) is 4.90 Å². The molecule has 2 N–H and O–H groups in total. The summed E-state index contributed by atoms with van der Waals surface area (Å²) in [5.74, 6) is 0.755. The Morgan fingerprint density at radius 2 is 2.14 bits per heavy atom. The van der Waals surface area contributed by atoms with E-state index in [2.05, 4.69) is 15.6 Å². The molecule has 0 saturated carbocycles. The van der Waals surface area contributed by atoms with Crippen LogP contribution in [0.5, 0.6) is 0 Å². The second kappa shape index (κ2) is 10.8. The molecule has 11 heteroatoms. The molecule has 0 radical (unpaired) electrons. The van der Waals surface area contributed by atoms with Gasteiger partial charge in [-0.05, 0) is 38.4 Å². The first-order chi connectivity index (χ1) is 12.5. The summed E-state index contributed by atoms with van der Waals surface area (Å²) in [5, 5.41) is 17.3. The lowest BCUT2D eigenvalue weighted by atomic mass is 9.78. The Kier molecular flexibility index (Phi) is 9.35. The van der Waals surface area contributed by atoms with Crippen molar-refractivity contribution < 1.29 is 14.5 Å². The van der Waals surface area contributed by atoms with Gasteiger partial charge in [-0.25, -0.2) is 4.98 Å². The summed E-state index contributed by atoms with van der Waals surface area (Å²) >= 11 is 0. The number of methoxy groups -OCH3 is 1. The van der Waals surface area contributed by atoms with Crippen LogP contribution < -0.4 is 10.6 Å². The normalized spacial score (nSPS) is 20.6. The smallest absolute Gasteiger partial charge is 0.287 e. The second-order valence-corrected chi connectivity index (χ2v) is 7.00. The number of ether oxygens (including phenoxy) is 1. The predicted molar refractivity (Wildman–Crippen MR) is 110 cm³/mol. The standard InChI is InChI=1S/C17H25N5O4.2ClH/c1-26-12-17(5-7-18-8-6-17)16(23)21-9-4-13(11-21)20-15-3-2-14(10-19-15)22(24)25;;/h2-3,10,13,18H,4-9,11-12H2,1H3,(H,19,20);2*1H. The van der Waals surface area contributed by atoms with Crippen LogP contribution in [0.15, 0.2) is 18.3 Å². The Bertz CT molecular complexity index is 650. The van der Waals surface area contributed by atoms with E-state index in [4.69, 9.17) is 4.74 Å². The van der Waals surface area contributed by atoms with Gasteiger partial charge in [0.2, 0.25) is 5.91 Å². The molecule has 0 bridgehead atoms. The largest absolute Gasteiger partial charge is 0.384 e. The summed E-state index contributed by atoms with van der Waals surface area (Å²) in [6, 6.07) is 3.12. The number of piperidine rings is 1. The van der Waals surface area contributed by atoms with Crippen molar-refractivity contribution in [1.29, 1.82) is 0 Å².